The second-order valence-electron chi connectivity index (χ2n) is 2.04. The maximum atomic E-state index is 10.9. The molecule has 0 aliphatic heterocycles. The standard InChI is InChI=1S/C6H13NO4P/c1-4-11-6(8)5(2)7-12(9)10-3/h5H,4H2,1-3H3,(H,7,9)/q+1/t5-/m0/s1. The summed E-state index contributed by atoms with van der Waals surface area (Å²) in [4.78, 5) is 10.9. The Morgan fingerprint density at radius 1 is 1.67 bits per heavy atom. The number of carbonyl (C=O) groups excluding carboxylic acids is 1. The van der Waals surface area contributed by atoms with Gasteiger partial charge in [-0.05, 0) is 18.4 Å². The predicted octanol–water partition coefficient (Wildman–Crippen LogP) is 0.831. The van der Waals surface area contributed by atoms with E-state index in [0.717, 1.165) is 0 Å². The molecule has 70 valence electrons. The molecule has 12 heavy (non-hydrogen) atoms. The molecule has 0 fully saturated rings. The lowest BCUT2D eigenvalue weighted by molar-refractivity contribution is -0.144. The first kappa shape index (κ1) is 11.5. The van der Waals surface area contributed by atoms with Gasteiger partial charge in [0.15, 0.2) is 0 Å². The first-order chi connectivity index (χ1) is 5.61. The van der Waals surface area contributed by atoms with E-state index >= 15 is 0 Å². The molecule has 0 radical (unpaired) electrons. The largest absolute Gasteiger partial charge is 0.613 e. The minimum absolute atomic E-state index is 0.314. The highest BCUT2D eigenvalue weighted by Gasteiger charge is 2.25. The van der Waals surface area contributed by atoms with Crippen molar-refractivity contribution in [3.8, 4) is 0 Å². The number of ether oxygens (including phenoxy) is 1. The summed E-state index contributed by atoms with van der Waals surface area (Å²) in [5, 5.41) is 2.43. The van der Waals surface area contributed by atoms with Gasteiger partial charge in [0.25, 0.3) is 0 Å². The topological polar surface area (TPSA) is 64.6 Å². The van der Waals surface area contributed by atoms with Gasteiger partial charge in [-0.3, -0.25) is 4.79 Å². The lowest BCUT2D eigenvalue weighted by Gasteiger charge is -2.04. The minimum atomic E-state index is -1.96. The second-order valence-corrected chi connectivity index (χ2v) is 3.18. The maximum absolute atomic E-state index is 10.9. The van der Waals surface area contributed by atoms with E-state index in [4.69, 9.17) is 0 Å². The molecule has 0 aromatic carbocycles. The Balaban J connectivity index is 3.78. The van der Waals surface area contributed by atoms with Gasteiger partial charge in [0.05, 0.1) is 13.7 Å². The van der Waals surface area contributed by atoms with Crippen molar-refractivity contribution in [1.82, 2.24) is 5.09 Å². The van der Waals surface area contributed by atoms with Crippen molar-refractivity contribution >= 4 is 14.1 Å². The van der Waals surface area contributed by atoms with Crippen LogP contribution in [0.2, 0.25) is 0 Å². The normalized spacial score (nSPS) is 13.8. The fourth-order valence-corrected chi connectivity index (χ4v) is 1.06. The Hall–Kier alpha value is -0.510. The molecule has 5 nitrogen and oxygen atoms in total. The third-order valence-electron chi connectivity index (χ3n) is 1.11. The van der Waals surface area contributed by atoms with Crippen molar-refractivity contribution in [3.05, 3.63) is 0 Å². The van der Waals surface area contributed by atoms with E-state index in [1.54, 1.807) is 13.8 Å². The predicted molar refractivity (Wildman–Crippen MR) is 43.8 cm³/mol. The molecule has 0 bridgehead atoms. The average molecular weight is 194 g/mol. The summed E-state index contributed by atoms with van der Waals surface area (Å²) in [5.74, 6) is -0.432. The molecule has 0 rings (SSSR count). The molecule has 1 N–H and O–H groups in total. The monoisotopic (exact) mass is 194 g/mol. The molecule has 0 amide bonds. The molecule has 0 aliphatic rings. The summed E-state index contributed by atoms with van der Waals surface area (Å²) in [5.41, 5.74) is 0. The molecule has 0 aromatic rings. The molecule has 0 saturated heterocycles. The van der Waals surface area contributed by atoms with E-state index in [0.29, 0.717) is 6.61 Å². The van der Waals surface area contributed by atoms with E-state index in [1.807, 2.05) is 0 Å². The van der Waals surface area contributed by atoms with E-state index in [9.17, 15) is 9.36 Å². The smallest absolute Gasteiger partial charge is 0.465 e. The highest BCUT2D eigenvalue weighted by Crippen LogP contribution is 2.14. The lowest BCUT2D eigenvalue weighted by atomic mass is 10.4. The van der Waals surface area contributed by atoms with Crippen LogP contribution in [0, 0.1) is 0 Å². The fraction of sp³-hybridized carbons (Fsp3) is 0.833. The zero-order valence-electron chi connectivity index (χ0n) is 7.36. The number of rotatable bonds is 5. The van der Waals surface area contributed by atoms with Gasteiger partial charge < -0.3 is 4.74 Å². The Bertz CT molecular complexity index is 173. The van der Waals surface area contributed by atoms with E-state index in [1.165, 1.54) is 7.11 Å². The van der Waals surface area contributed by atoms with E-state index in [-0.39, 0.29) is 0 Å². The fourth-order valence-electron chi connectivity index (χ4n) is 0.531. The van der Waals surface area contributed by atoms with Crippen LogP contribution in [-0.2, 0) is 18.6 Å². The van der Waals surface area contributed by atoms with Crippen molar-refractivity contribution in [1.29, 1.82) is 0 Å². The van der Waals surface area contributed by atoms with Crippen molar-refractivity contribution < 1.29 is 18.6 Å². The zero-order chi connectivity index (χ0) is 9.56. The number of nitrogens with one attached hydrogen (secondary N) is 1. The molecule has 0 aromatic heterocycles. The Morgan fingerprint density at radius 2 is 2.25 bits per heavy atom. The second kappa shape index (κ2) is 6.06. The summed E-state index contributed by atoms with van der Waals surface area (Å²) >= 11 is 0. The third kappa shape index (κ3) is 4.38. The SMILES string of the molecule is CCOC(=O)[C@H](C)N[P+](=O)OC. The number of hydrogen-bond donors (Lipinski definition) is 1. The molecule has 2 atom stereocenters. The first-order valence-electron chi connectivity index (χ1n) is 3.56. The number of carbonyl (C=O) groups is 1. The lowest BCUT2D eigenvalue weighted by Crippen LogP contribution is -2.30. The third-order valence-corrected chi connectivity index (χ3v) is 2.03. The van der Waals surface area contributed by atoms with Crippen molar-refractivity contribution in [2.24, 2.45) is 0 Å². The van der Waals surface area contributed by atoms with Crippen molar-refractivity contribution in [2.45, 2.75) is 19.9 Å². The molecule has 1 unspecified atom stereocenters. The quantitative estimate of drug-likeness (QED) is 0.518. The van der Waals surface area contributed by atoms with Crippen LogP contribution < -0.4 is 5.09 Å². The van der Waals surface area contributed by atoms with E-state index < -0.39 is 20.2 Å². The zero-order valence-corrected chi connectivity index (χ0v) is 8.26. The first-order valence-corrected chi connectivity index (χ1v) is 4.73. The van der Waals surface area contributed by atoms with Crippen LogP contribution in [0.4, 0.5) is 0 Å². The van der Waals surface area contributed by atoms with Crippen LogP contribution >= 0.6 is 8.18 Å². The number of esters is 1. The van der Waals surface area contributed by atoms with E-state index in [2.05, 4.69) is 14.3 Å². The minimum Gasteiger partial charge on any atom is -0.465 e. The Kier molecular flexibility index (Phi) is 5.80. The summed E-state index contributed by atoms with van der Waals surface area (Å²) in [7, 11) is -0.667. The molecular weight excluding hydrogens is 181 g/mol. The molecule has 0 heterocycles. The molecular formula is C6H13NO4P+. The van der Waals surface area contributed by atoms with Crippen LogP contribution in [-0.4, -0.2) is 25.7 Å². The molecule has 0 aliphatic carbocycles. The highest BCUT2D eigenvalue weighted by atomic mass is 31.1. The van der Waals surface area contributed by atoms with Gasteiger partial charge in [-0.15, -0.1) is 4.52 Å². The average Bonchev–Trinajstić information content (AvgIpc) is 2.04. The Morgan fingerprint density at radius 3 is 2.67 bits per heavy atom. The maximum Gasteiger partial charge on any atom is 0.613 e. The summed E-state index contributed by atoms with van der Waals surface area (Å²) < 4.78 is 19.8. The van der Waals surface area contributed by atoms with Crippen LogP contribution in [0.25, 0.3) is 0 Å². The van der Waals surface area contributed by atoms with Crippen LogP contribution in [0.3, 0.4) is 0 Å². The summed E-state index contributed by atoms with van der Waals surface area (Å²) in [6.45, 7) is 3.58. The van der Waals surface area contributed by atoms with Crippen LogP contribution in [0.5, 0.6) is 0 Å². The number of hydrogen-bond acceptors (Lipinski definition) is 4. The van der Waals surface area contributed by atoms with Gasteiger partial charge in [0, 0.05) is 0 Å². The van der Waals surface area contributed by atoms with Crippen molar-refractivity contribution in [3.63, 3.8) is 0 Å². The highest BCUT2D eigenvalue weighted by molar-refractivity contribution is 7.36. The Labute approximate surface area is 72.4 Å². The van der Waals surface area contributed by atoms with Gasteiger partial charge in [-0.1, -0.05) is 5.09 Å². The van der Waals surface area contributed by atoms with Gasteiger partial charge in [-0.2, -0.15) is 0 Å². The summed E-state index contributed by atoms with van der Waals surface area (Å²) in [6, 6.07) is -0.603. The van der Waals surface area contributed by atoms with Gasteiger partial charge in [-0.25, -0.2) is 0 Å². The van der Waals surface area contributed by atoms with Crippen LogP contribution in [0.1, 0.15) is 13.8 Å². The van der Waals surface area contributed by atoms with Crippen molar-refractivity contribution in [2.75, 3.05) is 13.7 Å². The molecule has 0 spiro atoms. The summed E-state index contributed by atoms with van der Waals surface area (Å²) in [6.07, 6.45) is 0. The molecule has 6 heteroatoms. The van der Waals surface area contributed by atoms with Gasteiger partial charge >= 0.3 is 14.1 Å². The van der Waals surface area contributed by atoms with Gasteiger partial charge in [0.2, 0.25) is 0 Å². The molecule has 0 saturated carbocycles. The van der Waals surface area contributed by atoms with Crippen LogP contribution in [0.15, 0.2) is 0 Å². The van der Waals surface area contributed by atoms with Gasteiger partial charge in [0.1, 0.15) is 6.04 Å².